The van der Waals surface area contributed by atoms with Gasteiger partial charge in [-0.15, -0.1) is 0 Å². The van der Waals surface area contributed by atoms with Crippen molar-refractivity contribution in [1.29, 1.82) is 0 Å². The molecule has 0 atom stereocenters. The quantitative estimate of drug-likeness (QED) is 0.618. The van der Waals surface area contributed by atoms with E-state index in [9.17, 15) is 5.11 Å². The fraction of sp³-hybridized carbons (Fsp3) is 0.211. The van der Waals surface area contributed by atoms with Gasteiger partial charge < -0.3 is 0 Å². The van der Waals surface area contributed by atoms with Crippen molar-refractivity contribution >= 4 is 14.7 Å². The van der Waals surface area contributed by atoms with Gasteiger partial charge in [-0.1, -0.05) is 0 Å². The van der Waals surface area contributed by atoms with E-state index in [2.05, 4.69) is 3.98 Å². The van der Waals surface area contributed by atoms with Gasteiger partial charge in [-0.2, -0.15) is 0 Å². The Morgan fingerprint density at radius 1 is 0.808 bits per heavy atom. The summed E-state index contributed by atoms with van der Waals surface area (Å²) in [4.78, 5) is 0. The molecule has 6 nitrogen and oxygen atoms in total. The molecule has 0 aliphatic carbocycles. The van der Waals surface area contributed by atoms with Gasteiger partial charge in [-0.25, -0.2) is 0 Å². The van der Waals surface area contributed by atoms with Crippen molar-refractivity contribution in [1.82, 2.24) is 3.98 Å². The van der Waals surface area contributed by atoms with Gasteiger partial charge in [0.15, 0.2) is 0 Å². The van der Waals surface area contributed by atoms with Crippen molar-refractivity contribution in [2.24, 2.45) is 0 Å². The van der Waals surface area contributed by atoms with Gasteiger partial charge in [0.2, 0.25) is 0 Å². The average Bonchev–Trinajstić information content (AvgIpc) is 3.16. The summed E-state index contributed by atoms with van der Waals surface area (Å²) < 4.78 is 26.9. The molecule has 0 aliphatic rings. The molecule has 1 N–H and O–H groups in total. The van der Waals surface area contributed by atoms with E-state index in [1.807, 2.05) is 24.4 Å². The second-order valence-corrected chi connectivity index (χ2v) is 7.05. The number of nitrogens with zero attached hydrogens (tertiary/aromatic N) is 1. The zero-order chi connectivity index (χ0) is 18.7. The first-order chi connectivity index (χ1) is 12.6. The predicted octanol–water partition coefficient (Wildman–Crippen LogP) is 3.21. The molecular weight excluding hydrogens is 401 g/mol. The van der Waals surface area contributed by atoms with Gasteiger partial charge in [0.05, 0.1) is 0 Å². The second kappa shape index (κ2) is 7.72. The van der Waals surface area contributed by atoms with Crippen molar-refractivity contribution in [2.45, 2.75) is 0 Å². The number of phenols is 1. The van der Waals surface area contributed by atoms with E-state index >= 15 is 0 Å². The molecular formula is C19H19NO5Se. The number of ether oxygens (including phenoxy) is 4. The Hall–Kier alpha value is -2.63. The van der Waals surface area contributed by atoms with Gasteiger partial charge in [-0.3, -0.25) is 0 Å². The van der Waals surface area contributed by atoms with E-state index in [1.165, 1.54) is 7.11 Å². The Labute approximate surface area is 157 Å². The Kier molecular flexibility index (Phi) is 5.40. The van der Waals surface area contributed by atoms with Gasteiger partial charge in [0.25, 0.3) is 0 Å². The number of aromatic nitrogens is 1. The predicted molar refractivity (Wildman–Crippen MR) is 99.9 cm³/mol. The monoisotopic (exact) mass is 421 g/mol. The van der Waals surface area contributed by atoms with E-state index in [4.69, 9.17) is 18.9 Å². The van der Waals surface area contributed by atoms with E-state index in [0.717, 1.165) is 21.1 Å². The molecule has 0 saturated carbocycles. The average molecular weight is 420 g/mol. The molecule has 26 heavy (non-hydrogen) atoms. The molecule has 0 radical (unpaired) electrons. The van der Waals surface area contributed by atoms with Crippen LogP contribution in [0, 0.1) is 0 Å². The molecule has 2 aromatic carbocycles. The molecule has 0 spiro atoms. The number of hydrogen-bond donors (Lipinski definition) is 1. The first-order valence-corrected chi connectivity index (χ1v) is 9.37. The van der Waals surface area contributed by atoms with Gasteiger partial charge >= 0.3 is 158 Å². The van der Waals surface area contributed by atoms with E-state index in [-0.39, 0.29) is 20.5 Å². The molecule has 0 unspecified atom stereocenters. The van der Waals surface area contributed by atoms with Crippen molar-refractivity contribution in [3.63, 3.8) is 0 Å². The van der Waals surface area contributed by atoms with Crippen molar-refractivity contribution in [3.05, 3.63) is 36.5 Å². The van der Waals surface area contributed by atoms with Gasteiger partial charge in [-0.05, 0) is 0 Å². The second-order valence-electron chi connectivity index (χ2n) is 5.37. The molecule has 0 amide bonds. The van der Waals surface area contributed by atoms with Crippen LogP contribution in [0.1, 0.15) is 0 Å². The van der Waals surface area contributed by atoms with Crippen LogP contribution in [0.25, 0.3) is 21.1 Å². The Bertz CT molecular complexity index is 897. The molecule has 7 heteroatoms. The third-order valence-electron chi connectivity index (χ3n) is 3.99. The summed E-state index contributed by atoms with van der Waals surface area (Å²) in [5, 5.41) is 10.1. The summed E-state index contributed by atoms with van der Waals surface area (Å²) in [5.41, 5.74) is 2.77. The molecule has 3 rings (SSSR count). The Balaban J connectivity index is 2.13. The first kappa shape index (κ1) is 18.2. The van der Waals surface area contributed by atoms with Gasteiger partial charge in [0, 0.05) is 0 Å². The number of benzene rings is 2. The summed E-state index contributed by atoms with van der Waals surface area (Å²) in [6.07, 6.45) is 1.83. The number of methoxy groups -OCH3 is 4. The van der Waals surface area contributed by atoms with E-state index in [1.54, 1.807) is 33.5 Å². The SMILES string of the molecule is COc1ccc(-c2cn[se]c2-c2cc(OC)c(OC)c(OC)c2)cc1O. The maximum absolute atomic E-state index is 10.1. The van der Waals surface area contributed by atoms with Crippen LogP contribution in [0.5, 0.6) is 28.7 Å². The van der Waals surface area contributed by atoms with Crippen LogP contribution in [0.2, 0.25) is 0 Å². The summed E-state index contributed by atoms with van der Waals surface area (Å²) >= 11 is -0.0878. The molecule has 0 aliphatic heterocycles. The van der Waals surface area contributed by atoms with E-state index < -0.39 is 0 Å². The number of phenolic OH excluding ortho intramolecular Hbond substituents is 1. The Morgan fingerprint density at radius 3 is 2.00 bits per heavy atom. The standard InChI is InChI=1S/C19H19NO5Se/c1-22-15-6-5-11(7-14(15)21)13-10-20-26-19(13)12-8-16(23-2)18(25-4)17(9-12)24-3/h5-10,21H,1-4H3. The zero-order valence-electron chi connectivity index (χ0n) is 14.9. The normalized spacial score (nSPS) is 10.5. The molecule has 0 fully saturated rings. The molecule has 3 aromatic rings. The number of aromatic hydroxyl groups is 1. The van der Waals surface area contributed by atoms with Crippen LogP contribution in [-0.2, 0) is 0 Å². The van der Waals surface area contributed by atoms with Crippen LogP contribution in [0.15, 0.2) is 36.5 Å². The van der Waals surface area contributed by atoms with Gasteiger partial charge in [0.1, 0.15) is 0 Å². The minimum absolute atomic E-state index is 0.0878. The van der Waals surface area contributed by atoms with Crippen LogP contribution in [0.3, 0.4) is 0 Å². The molecule has 1 heterocycles. The third-order valence-corrected chi connectivity index (χ3v) is 5.77. The summed E-state index contributed by atoms with van der Waals surface area (Å²) in [6.45, 7) is 0. The fourth-order valence-electron chi connectivity index (χ4n) is 2.72. The molecule has 0 saturated heterocycles. The maximum atomic E-state index is 10.1. The molecule has 1 aromatic heterocycles. The topological polar surface area (TPSA) is 70.0 Å². The fourth-order valence-corrected chi connectivity index (χ4v) is 4.31. The first-order valence-electron chi connectivity index (χ1n) is 7.75. The summed E-state index contributed by atoms with van der Waals surface area (Å²) in [6, 6.07) is 9.15. The zero-order valence-corrected chi connectivity index (χ0v) is 16.6. The number of hydrogen-bond acceptors (Lipinski definition) is 6. The van der Waals surface area contributed by atoms with Crippen molar-refractivity contribution < 1.29 is 24.1 Å². The summed E-state index contributed by atoms with van der Waals surface area (Å²) in [5.74, 6) is 2.26. The van der Waals surface area contributed by atoms with Crippen LogP contribution < -0.4 is 18.9 Å². The number of rotatable bonds is 6. The third kappa shape index (κ3) is 3.23. The molecule has 0 bridgehead atoms. The van der Waals surface area contributed by atoms with Crippen LogP contribution >= 0.6 is 0 Å². The van der Waals surface area contributed by atoms with Crippen molar-refractivity contribution in [3.8, 4) is 49.9 Å². The minimum atomic E-state index is -0.0878. The summed E-state index contributed by atoms with van der Waals surface area (Å²) in [7, 11) is 6.28. The van der Waals surface area contributed by atoms with Crippen LogP contribution in [-0.4, -0.2) is 52.3 Å². The Morgan fingerprint density at radius 2 is 1.46 bits per heavy atom. The van der Waals surface area contributed by atoms with E-state index in [0.29, 0.717) is 23.0 Å². The van der Waals surface area contributed by atoms with Crippen LogP contribution in [0.4, 0.5) is 0 Å². The molecule has 136 valence electrons. The van der Waals surface area contributed by atoms with Crippen molar-refractivity contribution in [2.75, 3.05) is 28.4 Å².